The molecule has 4 nitrogen and oxygen atoms in total. The van der Waals surface area contributed by atoms with Crippen molar-refractivity contribution < 1.29 is 4.74 Å². The number of aromatic nitrogens is 1. The monoisotopic (exact) mass is 343 g/mol. The standard InChI is InChI=1S/C19H22ClN3O/c20-15-5-1-2-6-16(15)24-17-7-3-4-14-8-9-18(22-19(14)17)23-12-10-21-11-13-23/h1-2,5-6,8-9,17,21H,3-4,7,10-13H2/t17-/m1/s1. The van der Waals surface area contributed by atoms with Gasteiger partial charge in [-0.1, -0.05) is 29.8 Å². The molecule has 0 spiro atoms. The van der Waals surface area contributed by atoms with Gasteiger partial charge in [0.25, 0.3) is 0 Å². The molecule has 2 aliphatic rings. The van der Waals surface area contributed by atoms with Gasteiger partial charge in [0.15, 0.2) is 0 Å². The molecular formula is C19H22ClN3O. The van der Waals surface area contributed by atoms with Crippen LogP contribution in [0.5, 0.6) is 5.75 Å². The van der Waals surface area contributed by atoms with E-state index in [4.69, 9.17) is 21.3 Å². The topological polar surface area (TPSA) is 37.4 Å². The van der Waals surface area contributed by atoms with E-state index >= 15 is 0 Å². The molecule has 0 radical (unpaired) electrons. The van der Waals surface area contributed by atoms with Crippen molar-refractivity contribution in [2.24, 2.45) is 0 Å². The predicted molar refractivity (Wildman–Crippen MR) is 97.1 cm³/mol. The van der Waals surface area contributed by atoms with E-state index in [1.54, 1.807) is 0 Å². The number of nitrogens with one attached hydrogen (secondary N) is 1. The lowest BCUT2D eigenvalue weighted by Gasteiger charge is -2.31. The van der Waals surface area contributed by atoms with Crippen molar-refractivity contribution in [1.29, 1.82) is 0 Å². The Balaban J connectivity index is 1.61. The fourth-order valence-corrected chi connectivity index (χ4v) is 3.66. The number of piperazine rings is 1. The maximum absolute atomic E-state index is 6.26. The molecule has 5 heteroatoms. The highest BCUT2D eigenvalue weighted by Gasteiger charge is 2.25. The maximum atomic E-state index is 6.26. The van der Waals surface area contributed by atoms with Crippen LogP contribution in [0.3, 0.4) is 0 Å². The molecule has 1 aliphatic carbocycles. The van der Waals surface area contributed by atoms with Gasteiger partial charge < -0.3 is 15.0 Å². The number of nitrogens with zero attached hydrogens (tertiary/aromatic N) is 2. The number of aryl methyl sites for hydroxylation is 1. The minimum atomic E-state index is -0.0171. The predicted octanol–water partition coefficient (Wildman–Crippen LogP) is 3.60. The molecule has 24 heavy (non-hydrogen) atoms. The summed E-state index contributed by atoms with van der Waals surface area (Å²) in [5.74, 6) is 1.80. The van der Waals surface area contributed by atoms with E-state index in [2.05, 4.69) is 22.3 Å². The number of hydrogen-bond donors (Lipinski definition) is 1. The first-order valence-electron chi connectivity index (χ1n) is 8.68. The maximum Gasteiger partial charge on any atom is 0.141 e. The third kappa shape index (κ3) is 3.21. The summed E-state index contributed by atoms with van der Waals surface area (Å²) in [6.07, 6.45) is 3.16. The zero-order chi connectivity index (χ0) is 16.4. The zero-order valence-electron chi connectivity index (χ0n) is 13.7. The molecule has 0 saturated carbocycles. The number of benzene rings is 1. The van der Waals surface area contributed by atoms with Crippen molar-refractivity contribution in [2.45, 2.75) is 25.4 Å². The van der Waals surface area contributed by atoms with Crippen LogP contribution in [-0.4, -0.2) is 31.2 Å². The highest BCUT2D eigenvalue weighted by Crippen LogP contribution is 2.36. The van der Waals surface area contributed by atoms with Crippen LogP contribution in [0.1, 0.15) is 30.2 Å². The van der Waals surface area contributed by atoms with Crippen LogP contribution in [0.2, 0.25) is 5.02 Å². The van der Waals surface area contributed by atoms with Gasteiger partial charge in [0.05, 0.1) is 10.7 Å². The minimum absolute atomic E-state index is 0.0171. The van der Waals surface area contributed by atoms with Gasteiger partial charge in [-0.05, 0) is 43.0 Å². The van der Waals surface area contributed by atoms with Crippen LogP contribution >= 0.6 is 11.6 Å². The van der Waals surface area contributed by atoms with Gasteiger partial charge >= 0.3 is 0 Å². The van der Waals surface area contributed by atoms with Crippen LogP contribution in [0.4, 0.5) is 5.82 Å². The van der Waals surface area contributed by atoms with Gasteiger partial charge in [0.1, 0.15) is 17.7 Å². The number of hydrogen-bond acceptors (Lipinski definition) is 4. The van der Waals surface area contributed by atoms with E-state index in [0.717, 1.165) is 62.7 Å². The van der Waals surface area contributed by atoms with Crippen LogP contribution < -0.4 is 15.0 Å². The number of halogens is 1. The zero-order valence-corrected chi connectivity index (χ0v) is 14.4. The van der Waals surface area contributed by atoms with E-state index in [0.29, 0.717) is 5.02 Å². The number of fused-ring (bicyclic) bond motifs is 1. The lowest BCUT2D eigenvalue weighted by molar-refractivity contribution is 0.178. The molecule has 1 N–H and O–H groups in total. The summed E-state index contributed by atoms with van der Waals surface area (Å²) in [6, 6.07) is 12.0. The summed E-state index contributed by atoms with van der Waals surface area (Å²) in [5.41, 5.74) is 2.38. The molecule has 1 saturated heterocycles. The summed E-state index contributed by atoms with van der Waals surface area (Å²) in [6.45, 7) is 4.03. The van der Waals surface area contributed by atoms with Crippen LogP contribution in [0.15, 0.2) is 36.4 Å². The smallest absolute Gasteiger partial charge is 0.141 e. The molecule has 0 bridgehead atoms. The van der Waals surface area contributed by atoms with E-state index < -0.39 is 0 Å². The van der Waals surface area contributed by atoms with Crippen LogP contribution in [0, 0.1) is 0 Å². The second-order valence-corrected chi connectivity index (χ2v) is 6.79. The Morgan fingerprint density at radius 2 is 1.96 bits per heavy atom. The number of rotatable bonds is 3. The molecule has 126 valence electrons. The van der Waals surface area contributed by atoms with Gasteiger partial charge in [-0.15, -0.1) is 0 Å². The van der Waals surface area contributed by atoms with E-state index in [9.17, 15) is 0 Å². The van der Waals surface area contributed by atoms with Gasteiger partial charge in [-0.3, -0.25) is 0 Å². The number of ether oxygens (including phenoxy) is 1. The summed E-state index contributed by atoms with van der Waals surface area (Å²) in [7, 11) is 0. The highest BCUT2D eigenvalue weighted by atomic mass is 35.5. The van der Waals surface area contributed by atoms with Crippen LogP contribution in [-0.2, 0) is 6.42 Å². The fraction of sp³-hybridized carbons (Fsp3) is 0.421. The molecule has 0 amide bonds. The largest absolute Gasteiger partial charge is 0.483 e. The second-order valence-electron chi connectivity index (χ2n) is 6.38. The van der Waals surface area contributed by atoms with Crippen molar-refractivity contribution >= 4 is 17.4 Å². The summed E-state index contributed by atoms with van der Waals surface area (Å²) in [4.78, 5) is 7.32. The normalized spacial score (nSPS) is 20.5. The highest BCUT2D eigenvalue weighted by molar-refractivity contribution is 6.32. The van der Waals surface area contributed by atoms with Gasteiger partial charge in [0, 0.05) is 26.2 Å². The van der Waals surface area contributed by atoms with Crippen molar-refractivity contribution in [2.75, 3.05) is 31.1 Å². The Morgan fingerprint density at radius 1 is 1.12 bits per heavy atom. The lowest BCUT2D eigenvalue weighted by Crippen LogP contribution is -2.44. The molecule has 1 atom stereocenters. The first-order chi connectivity index (χ1) is 11.8. The molecule has 0 unspecified atom stereocenters. The van der Waals surface area contributed by atoms with Gasteiger partial charge in [-0.25, -0.2) is 4.98 Å². The lowest BCUT2D eigenvalue weighted by atomic mass is 9.93. The van der Waals surface area contributed by atoms with Crippen molar-refractivity contribution in [3.05, 3.63) is 52.7 Å². The molecule has 4 rings (SSSR count). The van der Waals surface area contributed by atoms with E-state index in [1.807, 2.05) is 24.3 Å². The third-order valence-corrected chi connectivity index (χ3v) is 5.07. The van der Waals surface area contributed by atoms with Gasteiger partial charge in [0.2, 0.25) is 0 Å². The Morgan fingerprint density at radius 3 is 2.79 bits per heavy atom. The Hall–Kier alpha value is -1.78. The number of para-hydroxylation sites is 1. The van der Waals surface area contributed by atoms with Crippen molar-refractivity contribution in [3.63, 3.8) is 0 Å². The quantitative estimate of drug-likeness (QED) is 0.924. The van der Waals surface area contributed by atoms with E-state index in [1.165, 1.54) is 5.56 Å². The molecule has 1 aromatic carbocycles. The van der Waals surface area contributed by atoms with E-state index in [-0.39, 0.29) is 6.10 Å². The second kappa shape index (κ2) is 6.99. The van der Waals surface area contributed by atoms with Gasteiger partial charge in [-0.2, -0.15) is 0 Å². The third-order valence-electron chi connectivity index (χ3n) is 4.76. The Bertz CT molecular complexity index is 716. The first-order valence-corrected chi connectivity index (χ1v) is 9.06. The molecule has 1 aromatic heterocycles. The van der Waals surface area contributed by atoms with Crippen molar-refractivity contribution in [1.82, 2.24) is 10.3 Å². The fourth-order valence-electron chi connectivity index (χ4n) is 3.48. The van der Waals surface area contributed by atoms with Crippen molar-refractivity contribution in [3.8, 4) is 5.75 Å². The Labute approximate surface area is 147 Å². The SMILES string of the molecule is Clc1ccccc1O[C@@H]1CCCc2ccc(N3CCNCC3)nc21. The average molecular weight is 344 g/mol. The minimum Gasteiger partial charge on any atom is -0.483 e. The Kier molecular flexibility index (Phi) is 4.58. The number of pyridine rings is 1. The molecule has 1 aliphatic heterocycles. The molecular weight excluding hydrogens is 322 g/mol. The first kappa shape index (κ1) is 15.7. The summed E-state index contributed by atoms with van der Waals surface area (Å²) >= 11 is 6.26. The summed E-state index contributed by atoms with van der Waals surface area (Å²) < 4.78 is 6.23. The molecule has 1 fully saturated rings. The molecule has 2 heterocycles. The average Bonchev–Trinajstić information content (AvgIpc) is 2.64. The number of anilines is 1. The van der Waals surface area contributed by atoms with Crippen LogP contribution in [0.25, 0.3) is 0 Å². The summed E-state index contributed by atoms with van der Waals surface area (Å²) in [5, 5.41) is 4.04. The molecule has 2 aromatic rings.